The van der Waals surface area contributed by atoms with Gasteiger partial charge in [0.15, 0.2) is 5.82 Å². The zero-order chi connectivity index (χ0) is 73.1. The quantitative estimate of drug-likeness (QED) is 0.0897. The number of hydrogen-bond acceptors (Lipinski definition) is 13. The van der Waals surface area contributed by atoms with E-state index in [-0.39, 0.29) is 0 Å². The fraction of sp³-hybridized carbons (Fsp3) is 0.578. The molecule has 96 heavy (non-hydrogen) atoms. The Morgan fingerprint density at radius 1 is 0.146 bits per heavy atom. The maximum absolute atomic E-state index is 4.40. The molecular weight excluding hydrogens is 1180 g/mol. The maximum atomic E-state index is 4.40. The summed E-state index contributed by atoms with van der Waals surface area (Å²) in [5, 5.41) is 16.4. The first-order valence-electron chi connectivity index (χ1n) is 35.9. The van der Waals surface area contributed by atoms with Crippen molar-refractivity contribution >= 4 is 0 Å². The predicted molar refractivity (Wildman–Crippen MR) is 408 cm³/mol. The van der Waals surface area contributed by atoms with Crippen LogP contribution in [0.4, 0.5) is 0 Å². The molecule has 8 aromatic rings. The van der Waals surface area contributed by atoms with Crippen molar-refractivity contribution in [2.75, 3.05) is 0 Å². The molecule has 0 saturated carbocycles. The number of benzene rings is 1. The second kappa shape index (κ2) is 45.4. The molecule has 0 atom stereocenters. The summed E-state index contributed by atoms with van der Waals surface area (Å²) in [5.74, 6) is 10.7. The fourth-order valence-corrected chi connectivity index (χ4v) is 8.09. The van der Waals surface area contributed by atoms with Gasteiger partial charge in [-0.3, -0.25) is 19.9 Å². The third-order valence-electron chi connectivity index (χ3n) is 15.6. The Morgan fingerprint density at radius 3 is 0.542 bits per heavy atom. The summed E-state index contributed by atoms with van der Waals surface area (Å²) in [6, 6.07) is 21.7. The lowest BCUT2D eigenvalue weighted by molar-refractivity contribution is 0.692. The molecule has 0 aliphatic rings. The van der Waals surface area contributed by atoms with Crippen molar-refractivity contribution in [2.45, 2.75) is 316 Å². The van der Waals surface area contributed by atoms with E-state index in [0.717, 1.165) is 45.9 Å². The van der Waals surface area contributed by atoms with Crippen LogP contribution < -0.4 is 0 Å². The van der Waals surface area contributed by atoms with E-state index in [2.05, 4.69) is 347 Å². The number of hydrogen-bond donors (Lipinski definition) is 0. The van der Waals surface area contributed by atoms with Crippen molar-refractivity contribution in [3.05, 3.63) is 207 Å². The van der Waals surface area contributed by atoms with E-state index >= 15 is 0 Å². The Kier molecular flexibility index (Phi) is 41.1. The number of rotatable bonds is 16. The Balaban J connectivity index is 0.000000549. The minimum absolute atomic E-state index is 0.360. The van der Waals surface area contributed by atoms with Gasteiger partial charge in [-0.05, 0) is 135 Å². The number of aromatic nitrogens is 13. The topological polar surface area (TPSA) is 168 Å². The van der Waals surface area contributed by atoms with Gasteiger partial charge in [0.2, 0.25) is 0 Å². The molecule has 0 spiro atoms. The summed E-state index contributed by atoms with van der Waals surface area (Å²) in [4.78, 5) is 38.9. The number of pyridine rings is 2. The average molecular weight is 1310 g/mol. The van der Waals surface area contributed by atoms with Gasteiger partial charge < -0.3 is 0 Å². The fourth-order valence-electron chi connectivity index (χ4n) is 8.09. The Morgan fingerprint density at radius 2 is 0.354 bits per heavy atom. The molecule has 1 aromatic carbocycles. The van der Waals surface area contributed by atoms with Crippen LogP contribution in [0.5, 0.6) is 0 Å². The van der Waals surface area contributed by atoms with E-state index in [1.54, 1.807) is 0 Å². The van der Waals surface area contributed by atoms with Crippen LogP contribution >= 0.6 is 0 Å². The van der Waals surface area contributed by atoms with Crippen molar-refractivity contribution in [1.29, 1.82) is 0 Å². The minimum atomic E-state index is 0.360. The van der Waals surface area contributed by atoms with E-state index in [1.807, 2.05) is 55.8 Å². The van der Waals surface area contributed by atoms with Gasteiger partial charge in [0.25, 0.3) is 0 Å². The highest BCUT2D eigenvalue weighted by atomic mass is 15.2. The summed E-state index contributed by atoms with van der Waals surface area (Å²) in [5.41, 5.74) is 15.5. The molecule has 13 heteroatoms. The van der Waals surface area contributed by atoms with Crippen LogP contribution in [-0.2, 0) is 0 Å². The van der Waals surface area contributed by atoms with E-state index in [4.69, 9.17) is 0 Å². The van der Waals surface area contributed by atoms with Gasteiger partial charge in [0, 0.05) is 78.7 Å². The maximum Gasteiger partial charge on any atom is 0.153 e. The molecule has 0 radical (unpaired) electrons. The van der Waals surface area contributed by atoms with Gasteiger partial charge in [0.1, 0.15) is 11.6 Å². The van der Waals surface area contributed by atoms with Crippen LogP contribution in [0, 0.1) is 0 Å². The summed E-state index contributed by atoms with van der Waals surface area (Å²) in [6.07, 6.45) is 17.2. The summed E-state index contributed by atoms with van der Waals surface area (Å²) < 4.78 is 0. The highest BCUT2D eigenvalue weighted by molar-refractivity contribution is 5.27. The van der Waals surface area contributed by atoms with Gasteiger partial charge in [-0.25, -0.2) is 24.9 Å². The molecule has 0 amide bonds. The lowest BCUT2D eigenvalue weighted by atomic mass is 9.97. The van der Waals surface area contributed by atoms with Crippen LogP contribution in [0.15, 0.2) is 116 Å². The Bertz CT molecular complexity index is 2330. The molecular formula is C83H131N13. The van der Waals surface area contributed by atoms with Gasteiger partial charge in [-0.2, -0.15) is 15.3 Å². The Hall–Kier alpha value is -7.15. The summed E-state index contributed by atoms with van der Waals surface area (Å²) in [7, 11) is 0. The molecule has 0 aliphatic carbocycles. The molecule has 0 N–H and O–H groups in total. The lowest BCUT2D eigenvalue weighted by Gasteiger charge is -2.08. The van der Waals surface area contributed by atoms with E-state index in [0.29, 0.717) is 94.7 Å². The molecule has 7 heterocycles. The third-order valence-corrected chi connectivity index (χ3v) is 15.6. The second-order valence-corrected chi connectivity index (χ2v) is 29.9. The van der Waals surface area contributed by atoms with E-state index in [1.165, 1.54) is 44.8 Å². The Labute approximate surface area is 585 Å². The van der Waals surface area contributed by atoms with E-state index in [9.17, 15) is 0 Å². The van der Waals surface area contributed by atoms with Crippen molar-refractivity contribution in [2.24, 2.45) is 0 Å². The highest BCUT2D eigenvalue weighted by Crippen LogP contribution is 2.22. The third kappa shape index (κ3) is 34.2. The zero-order valence-corrected chi connectivity index (χ0v) is 66.0. The first-order valence-corrected chi connectivity index (χ1v) is 35.9. The molecule has 0 saturated heterocycles. The van der Waals surface area contributed by atoms with Crippen LogP contribution in [0.1, 0.15) is 407 Å². The largest absolute Gasteiger partial charge is 0.261 e. The summed E-state index contributed by atoms with van der Waals surface area (Å²) in [6.45, 7) is 68.6. The van der Waals surface area contributed by atoms with E-state index < -0.39 is 0 Å². The van der Waals surface area contributed by atoms with Gasteiger partial charge in [0.05, 0.1) is 34.7 Å². The van der Waals surface area contributed by atoms with Crippen LogP contribution in [0.3, 0.4) is 0 Å². The standard InChI is InChI=1S/C12H18.2C11H17N.4C10H16N2.C9H15N3/c1-9(2)11-5-7-12(8-6-11)10(3)4;2*1-8(2)10-5-6-11(9(3)4)12-7-10;1-7(2)9-5-12-10(6-11-9)8(3)4;2*1-7(2)9-5-11-10(8(3)4)12-6-9;1-7(2)9-5-6-10(8(3)4)12-11-9;1-6(2)8-5-10-9(7(3)4)12-11-8/h5-10H,1-4H3;2*5-9H,1-4H3;4*5-8H,1-4H3;5-7H,1-4H3. The van der Waals surface area contributed by atoms with Gasteiger partial charge >= 0.3 is 0 Å². The molecule has 528 valence electrons. The van der Waals surface area contributed by atoms with Crippen LogP contribution in [0.25, 0.3) is 0 Å². The SMILES string of the molecule is CC(C)c1ccc(C(C)C)cc1.CC(C)c1ccc(C(C)C)nc1.CC(C)c1ccc(C(C)C)nc1.CC(C)c1ccc(C(C)C)nn1.CC(C)c1cnc(C(C)C)cn1.CC(C)c1cnc(C(C)C)nc1.CC(C)c1cnc(C(C)C)nc1.CC(C)c1cnc(C(C)C)nn1. The lowest BCUT2D eigenvalue weighted by Crippen LogP contribution is -2.03. The minimum Gasteiger partial charge on any atom is -0.261 e. The molecule has 7 aromatic heterocycles. The summed E-state index contributed by atoms with van der Waals surface area (Å²) >= 11 is 0. The van der Waals surface area contributed by atoms with Gasteiger partial charge in [-0.1, -0.05) is 258 Å². The molecule has 0 bridgehead atoms. The molecule has 0 aliphatic heterocycles. The van der Waals surface area contributed by atoms with Crippen molar-refractivity contribution in [3.8, 4) is 0 Å². The highest BCUT2D eigenvalue weighted by Gasteiger charge is 2.10. The van der Waals surface area contributed by atoms with Crippen molar-refractivity contribution in [1.82, 2.24) is 65.3 Å². The predicted octanol–water partition coefficient (Wildman–Crippen LogP) is 23.6. The molecule has 0 fully saturated rings. The molecule has 0 unspecified atom stereocenters. The second-order valence-electron chi connectivity index (χ2n) is 29.9. The van der Waals surface area contributed by atoms with Gasteiger partial charge in [-0.15, -0.1) is 5.10 Å². The first kappa shape index (κ1) is 86.9. The van der Waals surface area contributed by atoms with Crippen molar-refractivity contribution in [3.63, 3.8) is 0 Å². The average Bonchev–Trinajstić information content (AvgIpc) is 1.40. The number of nitrogens with zero attached hydrogens (tertiary/aromatic N) is 13. The van der Waals surface area contributed by atoms with Crippen LogP contribution in [-0.4, -0.2) is 65.3 Å². The normalized spacial score (nSPS) is 11.2. The monoisotopic (exact) mass is 1310 g/mol. The molecule has 13 nitrogen and oxygen atoms in total. The molecule has 8 rings (SSSR count). The van der Waals surface area contributed by atoms with Crippen LogP contribution in [0.2, 0.25) is 0 Å². The first-order chi connectivity index (χ1) is 44.9. The smallest absolute Gasteiger partial charge is 0.153 e. The van der Waals surface area contributed by atoms with Crippen molar-refractivity contribution < 1.29 is 0 Å². The zero-order valence-electron chi connectivity index (χ0n) is 66.0.